The maximum absolute atomic E-state index is 12.1. The van der Waals surface area contributed by atoms with Crippen molar-refractivity contribution in [3.05, 3.63) is 85.1 Å². The minimum absolute atomic E-state index is 0.200. The minimum Gasteiger partial charge on any atom is -0.457 e. The number of hydrogen-bond acceptors (Lipinski definition) is 4. The van der Waals surface area contributed by atoms with Gasteiger partial charge in [-0.15, -0.1) is 0 Å². The number of aliphatic hydroxyl groups is 1. The SMILES string of the molecule is CC/C=C\C/C=C\C/C=C\C/C=C\CCCCC(=O)OC(CO)COCCCCCCCC/C=C\C/C=C\C/C=C\CC. The second-order valence-electron chi connectivity index (χ2n) is 10.8. The van der Waals surface area contributed by atoms with E-state index < -0.39 is 6.10 Å². The van der Waals surface area contributed by atoms with Crippen LogP contribution in [0, 0.1) is 0 Å². The Bertz CT molecular complexity index is 800. The number of carbonyl (C=O) groups is 1. The van der Waals surface area contributed by atoms with E-state index in [1.165, 1.54) is 32.1 Å². The summed E-state index contributed by atoms with van der Waals surface area (Å²) in [6.45, 7) is 5.02. The molecule has 1 N–H and O–H groups in total. The zero-order chi connectivity index (χ0) is 31.3. The molecular formula is C39H64O4. The van der Waals surface area contributed by atoms with Crippen LogP contribution in [0.4, 0.5) is 0 Å². The van der Waals surface area contributed by atoms with E-state index in [9.17, 15) is 9.90 Å². The van der Waals surface area contributed by atoms with E-state index in [1.54, 1.807) is 0 Å². The highest BCUT2D eigenvalue weighted by molar-refractivity contribution is 5.69. The summed E-state index contributed by atoms with van der Waals surface area (Å²) < 4.78 is 11.1. The van der Waals surface area contributed by atoms with Crippen molar-refractivity contribution in [3.63, 3.8) is 0 Å². The lowest BCUT2D eigenvalue weighted by molar-refractivity contribution is -0.154. The molecule has 0 aliphatic carbocycles. The number of esters is 1. The van der Waals surface area contributed by atoms with Crippen molar-refractivity contribution in [3.8, 4) is 0 Å². The molecular weight excluding hydrogens is 532 g/mol. The summed E-state index contributed by atoms with van der Waals surface area (Å²) >= 11 is 0. The van der Waals surface area contributed by atoms with Gasteiger partial charge in [-0.1, -0.05) is 125 Å². The molecule has 0 aliphatic rings. The zero-order valence-electron chi connectivity index (χ0n) is 27.7. The first-order valence-corrected chi connectivity index (χ1v) is 17.2. The van der Waals surface area contributed by atoms with Crippen molar-refractivity contribution in [2.75, 3.05) is 19.8 Å². The van der Waals surface area contributed by atoms with Crippen LogP contribution in [0.3, 0.4) is 0 Å². The molecule has 0 aliphatic heterocycles. The molecule has 244 valence electrons. The van der Waals surface area contributed by atoms with Crippen LogP contribution in [0.2, 0.25) is 0 Å². The predicted octanol–water partition coefficient (Wildman–Crippen LogP) is 10.9. The van der Waals surface area contributed by atoms with Crippen molar-refractivity contribution in [2.45, 2.75) is 136 Å². The van der Waals surface area contributed by atoms with Crippen molar-refractivity contribution in [2.24, 2.45) is 0 Å². The first kappa shape index (κ1) is 40.6. The molecule has 0 rings (SSSR count). The lowest BCUT2D eigenvalue weighted by atomic mass is 10.1. The van der Waals surface area contributed by atoms with Gasteiger partial charge in [-0.2, -0.15) is 0 Å². The Morgan fingerprint density at radius 2 is 0.977 bits per heavy atom. The van der Waals surface area contributed by atoms with Crippen molar-refractivity contribution in [1.82, 2.24) is 0 Å². The Morgan fingerprint density at radius 3 is 1.47 bits per heavy atom. The molecule has 0 heterocycles. The van der Waals surface area contributed by atoms with E-state index in [4.69, 9.17) is 9.47 Å². The minimum atomic E-state index is -0.566. The van der Waals surface area contributed by atoms with Crippen LogP contribution in [-0.2, 0) is 14.3 Å². The standard InChI is InChI=1S/C39H64O4/c1-3-5-7-9-11-13-15-17-19-21-23-25-27-29-31-33-35-42-37-38(36-40)43-39(41)34-32-30-28-26-24-22-20-18-16-14-12-10-8-6-4-2/h5-8,11-14,17-20,24,26,38,40H,3-4,9-10,15-16,21-23,25,27-37H2,1-2H3/b7-5-,8-6-,13-11-,14-12-,19-17-,20-18-,26-24-. The van der Waals surface area contributed by atoms with Crippen LogP contribution in [0.1, 0.15) is 129 Å². The summed E-state index contributed by atoms with van der Waals surface area (Å²) in [6, 6.07) is 0. The summed E-state index contributed by atoms with van der Waals surface area (Å²) in [7, 11) is 0. The van der Waals surface area contributed by atoms with Gasteiger partial charge in [0.1, 0.15) is 6.10 Å². The number of hydrogen-bond donors (Lipinski definition) is 1. The van der Waals surface area contributed by atoms with E-state index >= 15 is 0 Å². The molecule has 0 aromatic carbocycles. The van der Waals surface area contributed by atoms with Crippen molar-refractivity contribution >= 4 is 5.97 Å². The third-order valence-electron chi connectivity index (χ3n) is 6.72. The van der Waals surface area contributed by atoms with Gasteiger partial charge in [0.05, 0.1) is 13.2 Å². The molecule has 0 saturated heterocycles. The lowest BCUT2D eigenvalue weighted by Gasteiger charge is -2.15. The van der Waals surface area contributed by atoms with Gasteiger partial charge in [-0.25, -0.2) is 0 Å². The molecule has 0 amide bonds. The van der Waals surface area contributed by atoms with E-state index in [1.807, 2.05) is 0 Å². The quantitative estimate of drug-likeness (QED) is 0.0509. The molecule has 0 radical (unpaired) electrons. The van der Waals surface area contributed by atoms with Gasteiger partial charge in [-0.05, 0) is 83.5 Å². The summed E-state index contributed by atoms with van der Waals surface area (Å²) in [4.78, 5) is 12.1. The lowest BCUT2D eigenvalue weighted by Crippen LogP contribution is -2.27. The van der Waals surface area contributed by atoms with Gasteiger partial charge in [0.2, 0.25) is 0 Å². The third-order valence-corrected chi connectivity index (χ3v) is 6.72. The smallest absolute Gasteiger partial charge is 0.306 e. The van der Waals surface area contributed by atoms with Gasteiger partial charge in [0, 0.05) is 13.0 Å². The number of rotatable bonds is 30. The summed E-state index contributed by atoms with van der Waals surface area (Å²) in [6.07, 6.45) is 49.0. The van der Waals surface area contributed by atoms with Crippen molar-refractivity contribution < 1.29 is 19.4 Å². The van der Waals surface area contributed by atoms with Crippen LogP contribution >= 0.6 is 0 Å². The molecule has 4 heteroatoms. The molecule has 0 aromatic rings. The van der Waals surface area contributed by atoms with Gasteiger partial charge in [0.25, 0.3) is 0 Å². The summed E-state index contributed by atoms with van der Waals surface area (Å²) in [5.41, 5.74) is 0. The highest BCUT2D eigenvalue weighted by atomic mass is 16.6. The number of unbranched alkanes of at least 4 members (excludes halogenated alkanes) is 8. The third kappa shape index (κ3) is 33.9. The van der Waals surface area contributed by atoms with E-state index in [0.717, 1.165) is 77.0 Å². The second-order valence-corrected chi connectivity index (χ2v) is 10.8. The van der Waals surface area contributed by atoms with Crippen molar-refractivity contribution in [1.29, 1.82) is 0 Å². The molecule has 0 spiro atoms. The maximum atomic E-state index is 12.1. The monoisotopic (exact) mass is 596 g/mol. The molecule has 43 heavy (non-hydrogen) atoms. The van der Waals surface area contributed by atoms with Gasteiger partial charge in [0.15, 0.2) is 0 Å². The normalized spacial score (nSPS) is 13.5. The largest absolute Gasteiger partial charge is 0.457 e. The van der Waals surface area contributed by atoms with E-state index in [2.05, 4.69) is 98.9 Å². The predicted molar refractivity (Wildman–Crippen MR) is 186 cm³/mol. The number of ether oxygens (including phenoxy) is 2. The van der Waals surface area contributed by atoms with E-state index in [-0.39, 0.29) is 19.2 Å². The molecule has 0 fully saturated rings. The summed E-state index contributed by atoms with van der Waals surface area (Å²) in [5, 5.41) is 9.53. The van der Waals surface area contributed by atoms with Crippen LogP contribution in [0.15, 0.2) is 85.1 Å². The fraction of sp³-hybridized carbons (Fsp3) is 0.615. The Balaban J connectivity index is 3.59. The van der Waals surface area contributed by atoms with E-state index in [0.29, 0.717) is 13.0 Å². The topological polar surface area (TPSA) is 55.8 Å². The molecule has 0 saturated carbocycles. The average molecular weight is 597 g/mol. The number of carbonyl (C=O) groups excluding carboxylic acids is 1. The first-order chi connectivity index (χ1) is 21.2. The Labute approximate surface area is 265 Å². The fourth-order valence-electron chi connectivity index (χ4n) is 4.21. The number of allylic oxidation sites excluding steroid dienone is 14. The van der Waals surface area contributed by atoms with Gasteiger partial charge in [-0.3, -0.25) is 4.79 Å². The van der Waals surface area contributed by atoms with Crippen LogP contribution in [-0.4, -0.2) is 37.0 Å². The molecule has 0 bridgehead atoms. The van der Waals surface area contributed by atoms with Gasteiger partial charge < -0.3 is 14.6 Å². The van der Waals surface area contributed by atoms with Crippen LogP contribution < -0.4 is 0 Å². The Kier molecular flexibility index (Phi) is 33.7. The van der Waals surface area contributed by atoms with Crippen LogP contribution in [0.25, 0.3) is 0 Å². The molecule has 4 nitrogen and oxygen atoms in total. The molecule has 1 unspecified atom stereocenters. The molecule has 1 atom stereocenters. The maximum Gasteiger partial charge on any atom is 0.306 e. The Morgan fingerprint density at radius 1 is 0.558 bits per heavy atom. The highest BCUT2D eigenvalue weighted by Gasteiger charge is 2.13. The first-order valence-electron chi connectivity index (χ1n) is 17.2. The van der Waals surface area contributed by atoms with Crippen LogP contribution in [0.5, 0.6) is 0 Å². The van der Waals surface area contributed by atoms with Gasteiger partial charge >= 0.3 is 5.97 Å². The second kappa shape index (κ2) is 35.8. The highest BCUT2D eigenvalue weighted by Crippen LogP contribution is 2.09. The fourth-order valence-corrected chi connectivity index (χ4v) is 4.21. The Hall–Kier alpha value is -2.43. The summed E-state index contributed by atoms with van der Waals surface area (Å²) in [5.74, 6) is -0.251. The molecule has 0 aromatic heterocycles. The number of aliphatic hydroxyl groups excluding tert-OH is 1. The average Bonchev–Trinajstić information content (AvgIpc) is 3.01. The zero-order valence-corrected chi connectivity index (χ0v) is 27.7.